The van der Waals surface area contributed by atoms with Gasteiger partial charge in [0.25, 0.3) is 5.91 Å². The number of hydrogen-bond acceptors (Lipinski definition) is 4. The molecular weight excluding hydrogens is 294 g/mol. The molecule has 21 heavy (non-hydrogen) atoms. The fourth-order valence-corrected chi connectivity index (χ4v) is 2.17. The van der Waals surface area contributed by atoms with Gasteiger partial charge in [-0.05, 0) is 24.3 Å². The topological polar surface area (TPSA) is 51.9 Å². The van der Waals surface area contributed by atoms with Crippen molar-refractivity contribution in [1.29, 1.82) is 0 Å². The van der Waals surface area contributed by atoms with E-state index in [1.807, 2.05) is 0 Å². The van der Waals surface area contributed by atoms with Crippen LogP contribution in [0.5, 0.6) is 0 Å². The zero-order chi connectivity index (χ0) is 15.2. The van der Waals surface area contributed by atoms with E-state index in [1.54, 1.807) is 43.4 Å². The van der Waals surface area contributed by atoms with Gasteiger partial charge in [0.2, 0.25) is 0 Å². The summed E-state index contributed by atoms with van der Waals surface area (Å²) in [5.74, 6) is 0.107. The summed E-state index contributed by atoms with van der Waals surface area (Å²) in [6.45, 7) is 1.88. The fraction of sp³-hybridized carbons (Fsp3) is 0.400. The highest BCUT2D eigenvalue weighted by Gasteiger charge is 2.19. The molecule has 0 unspecified atom stereocenters. The molecule has 1 heterocycles. The maximum absolute atomic E-state index is 12.5. The summed E-state index contributed by atoms with van der Waals surface area (Å²) < 4.78 is 15.7. The Hall–Kier alpha value is -1.56. The van der Waals surface area contributed by atoms with Crippen molar-refractivity contribution >= 4 is 28.5 Å². The quantitative estimate of drug-likeness (QED) is 0.789. The maximum Gasteiger partial charge on any atom is 0.289 e. The SMILES string of the molecule is COCCN(CCOC)C(=O)c1cc2cc(Cl)ccc2o1. The van der Waals surface area contributed by atoms with E-state index in [0.717, 1.165) is 5.39 Å². The molecule has 0 aliphatic carbocycles. The van der Waals surface area contributed by atoms with Gasteiger partial charge in [0.05, 0.1) is 13.2 Å². The molecule has 2 rings (SSSR count). The molecule has 1 amide bonds. The number of ether oxygens (including phenoxy) is 2. The molecule has 0 aliphatic rings. The molecule has 1 aromatic heterocycles. The fourth-order valence-electron chi connectivity index (χ4n) is 1.99. The first-order chi connectivity index (χ1) is 10.2. The number of nitrogens with zero attached hydrogens (tertiary/aromatic N) is 1. The van der Waals surface area contributed by atoms with Crippen LogP contribution in [0.1, 0.15) is 10.6 Å². The molecular formula is C15H18ClNO4. The lowest BCUT2D eigenvalue weighted by Gasteiger charge is -2.20. The second-order valence-corrected chi connectivity index (χ2v) is 5.01. The van der Waals surface area contributed by atoms with Crippen LogP contribution in [-0.2, 0) is 9.47 Å². The molecule has 0 saturated heterocycles. The van der Waals surface area contributed by atoms with Crippen LogP contribution in [0.3, 0.4) is 0 Å². The van der Waals surface area contributed by atoms with E-state index in [4.69, 9.17) is 25.5 Å². The van der Waals surface area contributed by atoms with E-state index in [9.17, 15) is 4.79 Å². The van der Waals surface area contributed by atoms with Crippen LogP contribution in [0, 0.1) is 0 Å². The van der Waals surface area contributed by atoms with Gasteiger partial charge in [0.15, 0.2) is 5.76 Å². The number of hydrogen-bond donors (Lipinski definition) is 0. The second-order valence-electron chi connectivity index (χ2n) is 4.57. The number of fused-ring (bicyclic) bond motifs is 1. The molecule has 0 fully saturated rings. The molecule has 0 saturated carbocycles. The van der Waals surface area contributed by atoms with E-state index in [1.165, 1.54) is 0 Å². The molecule has 5 nitrogen and oxygen atoms in total. The standard InChI is InChI=1S/C15H18ClNO4/c1-19-7-5-17(6-8-20-2)15(18)14-10-11-9-12(16)3-4-13(11)21-14/h3-4,9-10H,5-8H2,1-2H3. The zero-order valence-corrected chi connectivity index (χ0v) is 12.9. The summed E-state index contributed by atoms with van der Waals surface area (Å²) in [6, 6.07) is 6.96. The van der Waals surface area contributed by atoms with Crippen LogP contribution in [0.15, 0.2) is 28.7 Å². The van der Waals surface area contributed by atoms with Crippen LogP contribution in [0.2, 0.25) is 5.02 Å². The van der Waals surface area contributed by atoms with E-state index in [0.29, 0.717) is 42.7 Å². The Morgan fingerprint density at radius 1 is 1.19 bits per heavy atom. The third kappa shape index (κ3) is 3.97. The minimum atomic E-state index is -0.184. The van der Waals surface area contributed by atoms with Gasteiger partial charge in [-0.3, -0.25) is 4.79 Å². The largest absolute Gasteiger partial charge is 0.451 e. The molecule has 0 bridgehead atoms. The smallest absolute Gasteiger partial charge is 0.289 e. The number of methoxy groups -OCH3 is 2. The predicted molar refractivity (Wildman–Crippen MR) is 80.9 cm³/mol. The summed E-state index contributed by atoms with van der Waals surface area (Å²) in [5.41, 5.74) is 0.640. The van der Waals surface area contributed by atoms with Crippen molar-refractivity contribution in [3.8, 4) is 0 Å². The van der Waals surface area contributed by atoms with Crippen molar-refractivity contribution in [2.75, 3.05) is 40.5 Å². The van der Waals surface area contributed by atoms with Gasteiger partial charge in [-0.1, -0.05) is 11.6 Å². The third-order valence-electron chi connectivity index (χ3n) is 3.11. The average molecular weight is 312 g/mol. The highest BCUT2D eigenvalue weighted by molar-refractivity contribution is 6.31. The Labute approximate surface area is 128 Å². The van der Waals surface area contributed by atoms with Crippen LogP contribution in [0.25, 0.3) is 11.0 Å². The molecule has 0 N–H and O–H groups in total. The number of amides is 1. The Balaban J connectivity index is 2.20. The lowest BCUT2D eigenvalue weighted by atomic mass is 10.2. The van der Waals surface area contributed by atoms with Gasteiger partial charge >= 0.3 is 0 Å². The molecule has 0 aliphatic heterocycles. The van der Waals surface area contributed by atoms with Crippen LogP contribution < -0.4 is 0 Å². The molecule has 0 atom stereocenters. The van der Waals surface area contributed by atoms with Crippen molar-refractivity contribution in [2.24, 2.45) is 0 Å². The minimum absolute atomic E-state index is 0.184. The first-order valence-electron chi connectivity index (χ1n) is 6.62. The summed E-state index contributed by atoms with van der Waals surface area (Å²) in [7, 11) is 3.20. The molecule has 114 valence electrons. The van der Waals surface area contributed by atoms with Gasteiger partial charge in [0.1, 0.15) is 5.58 Å². The minimum Gasteiger partial charge on any atom is -0.451 e. The molecule has 0 spiro atoms. The second kappa shape index (κ2) is 7.45. The van der Waals surface area contributed by atoms with E-state index >= 15 is 0 Å². The normalized spacial score (nSPS) is 11.0. The Bertz CT molecular complexity index is 603. The number of furan rings is 1. The van der Waals surface area contributed by atoms with Crippen molar-refractivity contribution < 1.29 is 18.7 Å². The van der Waals surface area contributed by atoms with Crippen molar-refractivity contribution in [3.05, 3.63) is 35.0 Å². The predicted octanol–water partition coefficient (Wildman–Crippen LogP) is 2.82. The molecule has 0 radical (unpaired) electrons. The number of carbonyl (C=O) groups excluding carboxylic acids is 1. The van der Waals surface area contributed by atoms with Crippen molar-refractivity contribution in [1.82, 2.24) is 4.90 Å². The number of benzene rings is 1. The van der Waals surface area contributed by atoms with Gasteiger partial charge in [0, 0.05) is 37.7 Å². The lowest BCUT2D eigenvalue weighted by Crippen LogP contribution is -2.36. The van der Waals surface area contributed by atoms with Crippen LogP contribution >= 0.6 is 11.6 Å². The monoisotopic (exact) mass is 311 g/mol. The Morgan fingerprint density at radius 3 is 2.48 bits per heavy atom. The van der Waals surface area contributed by atoms with Crippen LogP contribution in [-0.4, -0.2) is 51.3 Å². The van der Waals surface area contributed by atoms with Crippen molar-refractivity contribution in [2.45, 2.75) is 0 Å². The first-order valence-corrected chi connectivity index (χ1v) is 6.99. The lowest BCUT2D eigenvalue weighted by molar-refractivity contribution is 0.0600. The van der Waals surface area contributed by atoms with E-state index in [2.05, 4.69) is 0 Å². The van der Waals surface area contributed by atoms with Gasteiger partial charge in [-0.15, -0.1) is 0 Å². The van der Waals surface area contributed by atoms with E-state index < -0.39 is 0 Å². The molecule has 6 heteroatoms. The zero-order valence-electron chi connectivity index (χ0n) is 12.1. The number of carbonyl (C=O) groups is 1. The Morgan fingerprint density at radius 2 is 1.86 bits per heavy atom. The maximum atomic E-state index is 12.5. The van der Waals surface area contributed by atoms with Gasteiger partial charge < -0.3 is 18.8 Å². The molecule has 1 aromatic carbocycles. The summed E-state index contributed by atoms with van der Waals surface area (Å²) >= 11 is 5.94. The highest BCUT2D eigenvalue weighted by Crippen LogP contribution is 2.23. The average Bonchev–Trinajstić information content (AvgIpc) is 2.89. The van der Waals surface area contributed by atoms with Gasteiger partial charge in [-0.2, -0.15) is 0 Å². The number of rotatable bonds is 7. The van der Waals surface area contributed by atoms with Gasteiger partial charge in [-0.25, -0.2) is 0 Å². The molecule has 2 aromatic rings. The summed E-state index contributed by atoms with van der Waals surface area (Å²) in [6.07, 6.45) is 0. The van der Waals surface area contributed by atoms with Crippen LogP contribution in [0.4, 0.5) is 0 Å². The van der Waals surface area contributed by atoms with Crippen molar-refractivity contribution in [3.63, 3.8) is 0 Å². The number of halogens is 1. The highest BCUT2D eigenvalue weighted by atomic mass is 35.5. The van der Waals surface area contributed by atoms with E-state index in [-0.39, 0.29) is 5.91 Å². The third-order valence-corrected chi connectivity index (χ3v) is 3.34. The summed E-state index contributed by atoms with van der Waals surface area (Å²) in [5, 5.41) is 1.42. The first kappa shape index (κ1) is 15.8. The summed E-state index contributed by atoms with van der Waals surface area (Å²) in [4.78, 5) is 14.1. The Kier molecular flexibility index (Phi) is 5.61.